The number of amides is 2. The molecule has 0 saturated heterocycles. The minimum absolute atomic E-state index is 0.320. The molecule has 180 valence electrons. The SMILES string of the molecule is COc1ccc([C@@H]2[C@H](C(=O)Nc3ccccc3)C(=O)C[C@@](C)(O)[C@H]2C(=O)Nc2ccccc2)cc1. The molecule has 7 heteroatoms. The van der Waals surface area contributed by atoms with Gasteiger partial charge < -0.3 is 20.5 Å². The van der Waals surface area contributed by atoms with Gasteiger partial charge in [0.2, 0.25) is 11.8 Å². The smallest absolute Gasteiger partial charge is 0.235 e. The molecule has 7 nitrogen and oxygen atoms in total. The Kier molecular flexibility index (Phi) is 6.98. The van der Waals surface area contributed by atoms with Crippen molar-refractivity contribution in [1.29, 1.82) is 0 Å². The zero-order valence-electron chi connectivity index (χ0n) is 19.6. The largest absolute Gasteiger partial charge is 0.497 e. The van der Waals surface area contributed by atoms with Crippen LogP contribution in [0.4, 0.5) is 11.4 Å². The van der Waals surface area contributed by atoms with Gasteiger partial charge in [0.25, 0.3) is 0 Å². The molecule has 1 aliphatic carbocycles. The first-order chi connectivity index (χ1) is 16.8. The fraction of sp³-hybridized carbons (Fsp3) is 0.250. The van der Waals surface area contributed by atoms with Crippen molar-refractivity contribution in [1.82, 2.24) is 0 Å². The molecule has 4 rings (SSSR count). The van der Waals surface area contributed by atoms with Crippen molar-refractivity contribution < 1.29 is 24.2 Å². The molecule has 1 aliphatic rings. The van der Waals surface area contributed by atoms with E-state index in [9.17, 15) is 19.5 Å². The Hall–Kier alpha value is -3.97. The van der Waals surface area contributed by atoms with Crippen LogP contribution in [-0.4, -0.2) is 35.4 Å². The third kappa shape index (κ3) is 5.25. The maximum absolute atomic E-state index is 13.6. The number of para-hydroxylation sites is 2. The first kappa shape index (κ1) is 24.2. The summed E-state index contributed by atoms with van der Waals surface area (Å²) in [6.07, 6.45) is -0.320. The third-order valence-corrected chi connectivity index (χ3v) is 6.42. The van der Waals surface area contributed by atoms with Crippen LogP contribution in [-0.2, 0) is 14.4 Å². The normalized spacial score (nSPS) is 23.9. The van der Waals surface area contributed by atoms with Crippen LogP contribution >= 0.6 is 0 Å². The summed E-state index contributed by atoms with van der Waals surface area (Å²) < 4.78 is 5.25. The van der Waals surface area contributed by atoms with E-state index in [1.165, 1.54) is 14.0 Å². The molecule has 0 unspecified atom stereocenters. The standard InChI is InChI=1S/C28H28N2O5/c1-28(34)17-22(31)24(26(32)29-19-9-5-3-6-10-19)23(18-13-15-21(35-2)16-14-18)25(28)27(33)30-20-11-7-4-8-12-20/h3-16,23-25,34H,17H2,1-2H3,(H,29,32)(H,30,33)/t23-,24-,25-,28-/m1/s1. The number of rotatable bonds is 6. The van der Waals surface area contributed by atoms with Crippen LogP contribution in [0.25, 0.3) is 0 Å². The predicted molar refractivity (Wildman–Crippen MR) is 133 cm³/mol. The van der Waals surface area contributed by atoms with Crippen LogP contribution in [0.2, 0.25) is 0 Å². The van der Waals surface area contributed by atoms with E-state index in [4.69, 9.17) is 4.74 Å². The Morgan fingerprint density at radius 1 is 0.857 bits per heavy atom. The molecule has 4 atom stereocenters. The van der Waals surface area contributed by atoms with Crippen LogP contribution in [0.3, 0.4) is 0 Å². The van der Waals surface area contributed by atoms with Crippen molar-refractivity contribution in [3.05, 3.63) is 90.5 Å². The molecule has 0 aliphatic heterocycles. The lowest BCUT2D eigenvalue weighted by Crippen LogP contribution is -2.56. The van der Waals surface area contributed by atoms with Crippen molar-refractivity contribution in [2.45, 2.75) is 24.9 Å². The number of carbonyl (C=O) groups excluding carboxylic acids is 3. The molecule has 1 fully saturated rings. The fourth-order valence-electron chi connectivity index (χ4n) is 4.80. The molecule has 3 aromatic carbocycles. The van der Waals surface area contributed by atoms with Crippen molar-refractivity contribution >= 4 is 29.0 Å². The van der Waals surface area contributed by atoms with E-state index in [1.807, 2.05) is 12.1 Å². The minimum Gasteiger partial charge on any atom is -0.497 e. The average molecular weight is 473 g/mol. The number of anilines is 2. The van der Waals surface area contributed by atoms with Crippen LogP contribution in [0.15, 0.2) is 84.9 Å². The maximum Gasteiger partial charge on any atom is 0.235 e. The number of methoxy groups -OCH3 is 1. The van der Waals surface area contributed by atoms with Crippen LogP contribution in [0, 0.1) is 11.8 Å². The monoisotopic (exact) mass is 472 g/mol. The Morgan fingerprint density at radius 2 is 1.37 bits per heavy atom. The van der Waals surface area contributed by atoms with E-state index in [-0.39, 0.29) is 6.42 Å². The summed E-state index contributed by atoms with van der Waals surface area (Å²) in [7, 11) is 1.54. The Balaban J connectivity index is 1.76. The van der Waals surface area contributed by atoms with Gasteiger partial charge in [-0.1, -0.05) is 48.5 Å². The van der Waals surface area contributed by atoms with Gasteiger partial charge in [-0.2, -0.15) is 0 Å². The second kappa shape index (κ2) is 10.1. The van der Waals surface area contributed by atoms with E-state index < -0.39 is 41.0 Å². The minimum atomic E-state index is -1.66. The zero-order valence-corrected chi connectivity index (χ0v) is 19.6. The number of hydrogen-bond donors (Lipinski definition) is 3. The van der Waals surface area contributed by atoms with E-state index in [0.717, 1.165) is 0 Å². The second-order valence-corrected chi connectivity index (χ2v) is 8.97. The number of nitrogens with one attached hydrogen (secondary N) is 2. The average Bonchev–Trinajstić information content (AvgIpc) is 2.84. The lowest BCUT2D eigenvalue weighted by Gasteiger charge is -2.44. The van der Waals surface area contributed by atoms with Crippen molar-refractivity contribution in [2.75, 3.05) is 17.7 Å². The van der Waals surface area contributed by atoms with Gasteiger partial charge in [0.1, 0.15) is 17.5 Å². The van der Waals surface area contributed by atoms with Crippen molar-refractivity contribution in [2.24, 2.45) is 11.8 Å². The van der Waals surface area contributed by atoms with E-state index in [1.54, 1.807) is 72.8 Å². The molecule has 0 bridgehead atoms. The number of benzene rings is 3. The Morgan fingerprint density at radius 3 is 1.89 bits per heavy atom. The van der Waals surface area contributed by atoms with Gasteiger partial charge in [-0.05, 0) is 48.9 Å². The first-order valence-corrected chi connectivity index (χ1v) is 11.4. The van der Waals surface area contributed by atoms with Gasteiger partial charge in [-0.3, -0.25) is 14.4 Å². The topological polar surface area (TPSA) is 105 Å². The molecule has 0 radical (unpaired) electrons. The molecule has 35 heavy (non-hydrogen) atoms. The summed E-state index contributed by atoms with van der Waals surface area (Å²) >= 11 is 0. The predicted octanol–water partition coefficient (Wildman–Crippen LogP) is 4.01. The van der Waals surface area contributed by atoms with Crippen LogP contribution < -0.4 is 15.4 Å². The molecular weight excluding hydrogens is 444 g/mol. The Bertz CT molecular complexity index is 1190. The summed E-state index contributed by atoms with van der Waals surface area (Å²) in [5.74, 6) is -3.95. The number of aliphatic hydroxyl groups is 1. The summed E-state index contributed by atoms with van der Waals surface area (Å²) in [4.78, 5) is 40.3. The number of ketones is 1. The van der Waals surface area contributed by atoms with Gasteiger partial charge in [0.05, 0.1) is 18.6 Å². The molecule has 2 amide bonds. The van der Waals surface area contributed by atoms with Gasteiger partial charge >= 0.3 is 0 Å². The summed E-state index contributed by atoms with van der Waals surface area (Å²) in [6.45, 7) is 1.47. The molecule has 3 N–H and O–H groups in total. The number of Topliss-reactive ketones (excluding diaryl/α,β-unsaturated/α-hetero) is 1. The van der Waals surface area contributed by atoms with Gasteiger partial charge in [0.15, 0.2) is 0 Å². The maximum atomic E-state index is 13.6. The molecule has 1 saturated carbocycles. The van der Waals surface area contributed by atoms with Crippen LogP contribution in [0.5, 0.6) is 5.75 Å². The van der Waals surface area contributed by atoms with Crippen molar-refractivity contribution in [3.8, 4) is 5.75 Å². The second-order valence-electron chi connectivity index (χ2n) is 8.97. The number of carbonyl (C=O) groups is 3. The molecule has 0 spiro atoms. The Labute approximate surface area is 204 Å². The highest BCUT2D eigenvalue weighted by molar-refractivity contribution is 6.10. The first-order valence-electron chi connectivity index (χ1n) is 11.4. The van der Waals surface area contributed by atoms with E-state index in [0.29, 0.717) is 22.7 Å². The van der Waals surface area contributed by atoms with Gasteiger partial charge in [-0.25, -0.2) is 0 Å². The molecule has 0 aromatic heterocycles. The summed E-state index contributed by atoms with van der Waals surface area (Å²) in [5, 5.41) is 17.0. The lowest BCUT2D eigenvalue weighted by atomic mass is 9.61. The van der Waals surface area contributed by atoms with E-state index in [2.05, 4.69) is 10.6 Å². The zero-order chi connectivity index (χ0) is 25.0. The lowest BCUT2D eigenvalue weighted by molar-refractivity contribution is -0.150. The highest BCUT2D eigenvalue weighted by Gasteiger charge is 2.55. The number of ether oxygens (including phenoxy) is 1. The highest BCUT2D eigenvalue weighted by atomic mass is 16.5. The molecule has 0 heterocycles. The highest BCUT2D eigenvalue weighted by Crippen LogP contribution is 2.46. The molecular formula is C28H28N2O5. The van der Waals surface area contributed by atoms with Gasteiger partial charge in [0, 0.05) is 23.7 Å². The quantitative estimate of drug-likeness (QED) is 0.470. The summed E-state index contributed by atoms with van der Waals surface area (Å²) in [6, 6.07) is 24.6. The van der Waals surface area contributed by atoms with Crippen molar-refractivity contribution in [3.63, 3.8) is 0 Å². The van der Waals surface area contributed by atoms with Crippen LogP contribution in [0.1, 0.15) is 24.8 Å². The van der Waals surface area contributed by atoms with E-state index >= 15 is 0 Å². The third-order valence-electron chi connectivity index (χ3n) is 6.42. The van der Waals surface area contributed by atoms with Gasteiger partial charge in [-0.15, -0.1) is 0 Å². The summed E-state index contributed by atoms with van der Waals surface area (Å²) in [5.41, 5.74) is 0.0234. The fourth-order valence-corrected chi connectivity index (χ4v) is 4.80. The number of hydrogen-bond acceptors (Lipinski definition) is 5. The molecule has 3 aromatic rings.